The highest BCUT2D eigenvalue weighted by molar-refractivity contribution is 6.42. The molecule has 0 saturated carbocycles. The van der Waals surface area contributed by atoms with E-state index in [1.54, 1.807) is 24.2 Å². The first-order valence-corrected chi connectivity index (χ1v) is 11.7. The van der Waals surface area contributed by atoms with Crippen LogP contribution in [0.3, 0.4) is 0 Å². The van der Waals surface area contributed by atoms with Crippen LogP contribution >= 0.6 is 23.2 Å². The molecule has 0 atom stereocenters. The highest BCUT2D eigenvalue weighted by Gasteiger charge is 2.22. The van der Waals surface area contributed by atoms with Crippen LogP contribution in [0.15, 0.2) is 48.7 Å². The van der Waals surface area contributed by atoms with Gasteiger partial charge < -0.3 is 10.2 Å². The summed E-state index contributed by atoms with van der Waals surface area (Å²) in [5.74, 6) is 0.295. The van der Waals surface area contributed by atoms with Crippen LogP contribution in [0.5, 0.6) is 0 Å². The van der Waals surface area contributed by atoms with Crippen LogP contribution in [-0.2, 0) is 18.4 Å². The third kappa shape index (κ3) is 6.46. The molecule has 1 N–H and O–H groups in total. The van der Waals surface area contributed by atoms with Gasteiger partial charge in [-0.05, 0) is 47.6 Å². The first-order valence-electron chi connectivity index (χ1n) is 10.9. The summed E-state index contributed by atoms with van der Waals surface area (Å²) < 4.78 is 0. The monoisotopic (exact) mass is 484 g/mol. The molecule has 0 aliphatic carbocycles. The fraction of sp³-hybridized carbons (Fsp3) is 0.346. The molecule has 0 bridgehead atoms. The van der Waals surface area contributed by atoms with Crippen molar-refractivity contribution in [2.45, 2.75) is 46.1 Å². The van der Waals surface area contributed by atoms with E-state index in [0.29, 0.717) is 46.8 Å². The minimum absolute atomic E-state index is 0.0702. The number of nitrogens with zero attached hydrogens (tertiary/aromatic N) is 3. The van der Waals surface area contributed by atoms with Crippen LogP contribution in [0.2, 0.25) is 10.0 Å². The number of aryl methyl sites for hydroxylation is 1. The number of nitrogens with one attached hydrogen (secondary N) is 1. The van der Waals surface area contributed by atoms with Crippen molar-refractivity contribution in [1.82, 2.24) is 14.9 Å². The predicted molar refractivity (Wildman–Crippen MR) is 136 cm³/mol. The number of rotatable bonds is 7. The molecule has 0 aliphatic rings. The maximum absolute atomic E-state index is 13.6. The van der Waals surface area contributed by atoms with Gasteiger partial charge in [-0.25, -0.2) is 9.97 Å². The number of carbonyl (C=O) groups excluding carboxylic acids is 1. The zero-order valence-electron chi connectivity index (χ0n) is 19.7. The third-order valence-corrected chi connectivity index (χ3v) is 6.21. The molecule has 5 nitrogen and oxygen atoms in total. The lowest BCUT2D eigenvalue weighted by molar-refractivity contribution is 0.0739. The van der Waals surface area contributed by atoms with Crippen molar-refractivity contribution in [2.75, 3.05) is 18.9 Å². The number of halogens is 2. The van der Waals surface area contributed by atoms with Crippen LogP contribution in [-0.4, -0.2) is 34.4 Å². The summed E-state index contributed by atoms with van der Waals surface area (Å²) in [5.41, 5.74) is 4.39. The average Bonchev–Trinajstić information content (AvgIpc) is 2.78. The van der Waals surface area contributed by atoms with Gasteiger partial charge >= 0.3 is 0 Å². The number of aromatic nitrogens is 2. The molecule has 0 aliphatic heterocycles. The van der Waals surface area contributed by atoms with Gasteiger partial charge in [-0.3, -0.25) is 4.79 Å². The molecule has 2 aromatic carbocycles. The summed E-state index contributed by atoms with van der Waals surface area (Å²) in [6, 6.07) is 14.0. The van der Waals surface area contributed by atoms with Gasteiger partial charge in [-0.15, -0.1) is 0 Å². The standard InChI is InChI=1S/C26H30Cl2N4O/c1-17-15-30-24(29-5)23(31-17)25(33)32(13-12-18-8-11-21(27)22(28)14-18)16-19-6-9-20(10-7-19)26(2,3)4/h6-11,14-15H,12-13,16H2,1-5H3,(H,29,30). The topological polar surface area (TPSA) is 58.1 Å². The number of hydrogen-bond acceptors (Lipinski definition) is 4. The van der Waals surface area contributed by atoms with Crippen molar-refractivity contribution in [3.05, 3.63) is 86.8 Å². The van der Waals surface area contributed by atoms with E-state index in [1.807, 2.05) is 19.1 Å². The molecule has 3 aromatic rings. The minimum atomic E-state index is -0.171. The fourth-order valence-electron chi connectivity index (χ4n) is 3.50. The minimum Gasteiger partial charge on any atom is -0.371 e. The lowest BCUT2D eigenvalue weighted by Crippen LogP contribution is -2.34. The van der Waals surface area contributed by atoms with Gasteiger partial charge in [0.15, 0.2) is 11.5 Å². The molecule has 174 valence electrons. The van der Waals surface area contributed by atoms with Gasteiger partial charge in [0.2, 0.25) is 0 Å². The molecule has 0 fully saturated rings. The van der Waals surface area contributed by atoms with Crippen LogP contribution < -0.4 is 5.32 Å². The first-order chi connectivity index (χ1) is 15.6. The maximum atomic E-state index is 13.6. The van der Waals surface area contributed by atoms with Crippen molar-refractivity contribution in [3.63, 3.8) is 0 Å². The Kier molecular flexibility index (Phi) is 7.98. The van der Waals surface area contributed by atoms with E-state index in [-0.39, 0.29) is 11.3 Å². The zero-order valence-corrected chi connectivity index (χ0v) is 21.3. The van der Waals surface area contributed by atoms with Gasteiger partial charge in [-0.1, -0.05) is 74.3 Å². The molecule has 0 spiro atoms. The summed E-state index contributed by atoms with van der Waals surface area (Å²) in [7, 11) is 1.74. The summed E-state index contributed by atoms with van der Waals surface area (Å²) in [6.45, 7) is 9.34. The molecule has 1 heterocycles. The van der Waals surface area contributed by atoms with Crippen molar-refractivity contribution in [3.8, 4) is 0 Å². The Bertz CT molecular complexity index is 1120. The summed E-state index contributed by atoms with van der Waals surface area (Å²) in [5, 5.41) is 4.00. The molecule has 1 aromatic heterocycles. The summed E-state index contributed by atoms with van der Waals surface area (Å²) in [4.78, 5) is 24.2. The number of carbonyl (C=O) groups is 1. The van der Waals surface area contributed by atoms with Crippen molar-refractivity contribution in [1.29, 1.82) is 0 Å². The lowest BCUT2D eigenvalue weighted by Gasteiger charge is -2.24. The van der Waals surface area contributed by atoms with Gasteiger partial charge in [0.25, 0.3) is 5.91 Å². The van der Waals surface area contributed by atoms with Crippen molar-refractivity contribution >= 4 is 34.9 Å². The van der Waals surface area contributed by atoms with E-state index in [0.717, 1.165) is 11.1 Å². The van der Waals surface area contributed by atoms with E-state index in [2.05, 4.69) is 60.3 Å². The van der Waals surface area contributed by atoms with Gasteiger partial charge in [0.05, 0.1) is 21.9 Å². The fourth-order valence-corrected chi connectivity index (χ4v) is 3.82. The number of anilines is 1. The normalized spacial score (nSPS) is 11.4. The summed E-state index contributed by atoms with van der Waals surface area (Å²) in [6.07, 6.45) is 2.28. The Morgan fingerprint density at radius 2 is 1.70 bits per heavy atom. The van der Waals surface area contributed by atoms with Gasteiger partial charge in [-0.2, -0.15) is 0 Å². The lowest BCUT2D eigenvalue weighted by atomic mass is 9.87. The molecule has 0 radical (unpaired) electrons. The second kappa shape index (κ2) is 10.5. The van der Waals surface area contributed by atoms with Gasteiger partial charge in [0.1, 0.15) is 0 Å². The van der Waals surface area contributed by atoms with E-state index in [1.165, 1.54) is 5.56 Å². The highest BCUT2D eigenvalue weighted by Crippen LogP contribution is 2.25. The quantitative estimate of drug-likeness (QED) is 0.426. The second-order valence-electron chi connectivity index (χ2n) is 9.13. The second-order valence-corrected chi connectivity index (χ2v) is 9.95. The Morgan fingerprint density at radius 3 is 2.30 bits per heavy atom. The number of hydrogen-bond donors (Lipinski definition) is 1. The smallest absolute Gasteiger partial charge is 0.276 e. The molecule has 0 saturated heterocycles. The van der Waals surface area contributed by atoms with E-state index >= 15 is 0 Å². The molecule has 0 unspecified atom stereocenters. The highest BCUT2D eigenvalue weighted by atomic mass is 35.5. The number of amides is 1. The summed E-state index contributed by atoms with van der Waals surface area (Å²) >= 11 is 12.2. The predicted octanol–water partition coefficient (Wildman–Crippen LogP) is 6.32. The van der Waals surface area contributed by atoms with E-state index < -0.39 is 0 Å². The Balaban J connectivity index is 1.89. The van der Waals surface area contributed by atoms with Crippen molar-refractivity contribution in [2.24, 2.45) is 0 Å². The molecular formula is C26H30Cl2N4O. The van der Waals surface area contributed by atoms with Crippen LogP contribution in [0.1, 0.15) is 53.6 Å². The van der Waals surface area contributed by atoms with Crippen molar-refractivity contribution < 1.29 is 4.79 Å². The first kappa shape index (κ1) is 25.0. The van der Waals surface area contributed by atoms with Gasteiger partial charge in [0, 0.05) is 20.1 Å². The van der Waals surface area contributed by atoms with Crippen LogP contribution in [0.25, 0.3) is 0 Å². The van der Waals surface area contributed by atoms with Crippen LogP contribution in [0.4, 0.5) is 5.82 Å². The van der Waals surface area contributed by atoms with Crippen LogP contribution in [0, 0.1) is 6.92 Å². The van der Waals surface area contributed by atoms with E-state index in [9.17, 15) is 4.79 Å². The molecule has 1 amide bonds. The number of benzene rings is 2. The third-order valence-electron chi connectivity index (χ3n) is 5.47. The molecular weight excluding hydrogens is 455 g/mol. The Morgan fingerprint density at radius 1 is 1.03 bits per heavy atom. The largest absolute Gasteiger partial charge is 0.371 e. The Labute approximate surface area is 206 Å². The molecule has 7 heteroatoms. The van der Waals surface area contributed by atoms with E-state index in [4.69, 9.17) is 23.2 Å². The molecule has 3 rings (SSSR count). The maximum Gasteiger partial charge on any atom is 0.276 e. The SMILES string of the molecule is CNc1ncc(C)nc1C(=O)N(CCc1ccc(Cl)c(Cl)c1)Cc1ccc(C(C)(C)C)cc1. The zero-order chi connectivity index (χ0) is 24.2. The average molecular weight is 485 g/mol. The Hall–Kier alpha value is -2.63. The molecule has 33 heavy (non-hydrogen) atoms.